The van der Waals surface area contributed by atoms with Crippen LogP contribution in [0.4, 0.5) is 0 Å². The molecule has 0 aromatic rings. The van der Waals surface area contributed by atoms with E-state index in [1.165, 1.54) is 57.8 Å². The van der Waals surface area contributed by atoms with Gasteiger partial charge >= 0.3 is 0 Å². The van der Waals surface area contributed by atoms with Crippen molar-refractivity contribution in [3.05, 3.63) is 0 Å². The molecule has 0 saturated heterocycles. The second kappa shape index (κ2) is 13.6. The van der Waals surface area contributed by atoms with Gasteiger partial charge in [-0.2, -0.15) is 0 Å². The fraction of sp³-hybridized carbons (Fsp3) is 0.923. The minimum absolute atomic E-state index is 0.0341. The van der Waals surface area contributed by atoms with E-state index in [2.05, 4.69) is 28.6 Å². The molecule has 0 spiro atoms. The second-order valence-corrected chi connectivity index (χ2v) is 5.66. The van der Waals surface area contributed by atoms with Crippen LogP contribution >= 0.6 is 28.6 Å². The van der Waals surface area contributed by atoms with Gasteiger partial charge in [-0.15, -0.1) is 12.6 Å². The maximum atomic E-state index is 10.6. The summed E-state index contributed by atoms with van der Waals surface area (Å²) < 4.78 is 0. The zero-order chi connectivity index (χ0) is 12.1. The minimum atomic E-state index is 0.0341. The smallest absolute Gasteiger partial charge is 0.185 e. The Balaban J connectivity index is 2.90. The molecular weight excluding hydrogens is 284 g/mol. The van der Waals surface area contributed by atoms with Gasteiger partial charge in [0.05, 0.1) is 0 Å². The van der Waals surface area contributed by atoms with E-state index in [0.717, 1.165) is 11.8 Å². The fourth-order valence-electron chi connectivity index (χ4n) is 1.78. The van der Waals surface area contributed by atoms with E-state index >= 15 is 0 Å². The number of carbonyl (C=O) groups excluding carboxylic acids is 1. The summed E-state index contributed by atoms with van der Waals surface area (Å²) in [5.74, 6) is 0. The Morgan fingerprint density at radius 3 is 1.50 bits per heavy atom. The van der Waals surface area contributed by atoms with Gasteiger partial charge in [0.2, 0.25) is 0 Å². The van der Waals surface area contributed by atoms with Gasteiger partial charge in [-0.25, -0.2) is 0 Å². The van der Waals surface area contributed by atoms with Crippen LogP contribution in [0, 0.1) is 0 Å². The molecule has 0 aromatic carbocycles. The molecule has 0 aliphatic carbocycles. The number of rotatable bonds is 12. The monoisotopic (exact) mass is 308 g/mol. The Bertz CT molecular complexity index is 162. The molecule has 0 fully saturated rings. The first-order valence-corrected chi connectivity index (χ1v) is 8.12. The third-order valence-electron chi connectivity index (χ3n) is 2.77. The first kappa shape index (κ1) is 16.5. The number of hydrogen-bond acceptors (Lipinski definition) is 1. The van der Waals surface area contributed by atoms with Gasteiger partial charge in [0.15, 0.2) is 5.12 Å². The molecule has 0 bridgehead atoms. The first-order chi connectivity index (χ1) is 7.77. The van der Waals surface area contributed by atoms with Crippen LogP contribution in [-0.2, 0) is 4.79 Å². The summed E-state index contributed by atoms with van der Waals surface area (Å²) in [5.41, 5.74) is 0. The predicted octanol–water partition coefficient (Wildman–Crippen LogP) is 5.13. The van der Waals surface area contributed by atoms with E-state index in [4.69, 9.17) is 0 Å². The number of unbranched alkanes of at least 4 members (excludes halogenated alkanes) is 9. The molecule has 3 heteroatoms. The summed E-state index contributed by atoms with van der Waals surface area (Å²) in [7, 11) is 0. The molecule has 0 radical (unpaired) electrons. The van der Waals surface area contributed by atoms with Crippen LogP contribution in [0.2, 0.25) is 0 Å². The SMILES string of the molecule is O=C(S)CCCCCCCCCCCCBr. The van der Waals surface area contributed by atoms with Gasteiger partial charge in [0.25, 0.3) is 0 Å². The van der Waals surface area contributed by atoms with Gasteiger partial charge < -0.3 is 0 Å². The minimum Gasteiger partial charge on any atom is -0.288 e. The van der Waals surface area contributed by atoms with Crippen molar-refractivity contribution in [1.82, 2.24) is 0 Å². The zero-order valence-corrected chi connectivity index (χ0v) is 12.7. The highest BCUT2D eigenvalue weighted by Gasteiger charge is 1.95. The maximum Gasteiger partial charge on any atom is 0.185 e. The molecule has 0 heterocycles. The molecule has 0 aromatic heterocycles. The highest BCUT2D eigenvalue weighted by Crippen LogP contribution is 2.11. The van der Waals surface area contributed by atoms with Crippen molar-refractivity contribution in [3.63, 3.8) is 0 Å². The summed E-state index contributed by atoms with van der Waals surface area (Å²) in [6, 6.07) is 0. The van der Waals surface area contributed by atoms with E-state index < -0.39 is 0 Å². The van der Waals surface area contributed by atoms with Crippen LogP contribution in [0.1, 0.15) is 70.6 Å². The third-order valence-corrected chi connectivity index (χ3v) is 3.56. The van der Waals surface area contributed by atoms with Gasteiger partial charge in [-0.3, -0.25) is 4.79 Å². The van der Waals surface area contributed by atoms with Crippen LogP contribution < -0.4 is 0 Å². The highest BCUT2D eigenvalue weighted by molar-refractivity contribution is 9.09. The summed E-state index contributed by atoms with van der Waals surface area (Å²) in [4.78, 5) is 10.6. The summed E-state index contributed by atoms with van der Waals surface area (Å²) in [5, 5.41) is 1.18. The largest absolute Gasteiger partial charge is 0.288 e. The molecule has 0 aliphatic rings. The van der Waals surface area contributed by atoms with E-state index in [1.807, 2.05) is 0 Å². The number of hydrogen-bond donors (Lipinski definition) is 1. The lowest BCUT2D eigenvalue weighted by atomic mass is 10.1. The van der Waals surface area contributed by atoms with Gasteiger partial charge in [-0.05, 0) is 12.8 Å². The maximum absolute atomic E-state index is 10.6. The summed E-state index contributed by atoms with van der Waals surface area (Å²) >= 11 is 7.20. The fourth-order valence-corrected chi connectivity index (χ4v) is 2.34. The highest BCUT2D eigenvalue weighted by atomic mass is 79.9. The topological polar surface area (TPSA) is 17.1 Å². The Morgan fingerprint density at radius 1 is 0.750 bits per heavy atom. The number of halogens is 1. The standard InChI is InChI=1S/C13H25BrOS/c14-12-10-8-6-4-2-1-3-5-7-9-11-13(15)16/h1-12H2,(H,15,16). The summed E-state index contributed by atoms with van der Waals surface area (Å²) in [6.07, 6.45) is 13.7. The molecule has 0 saturated carbocycles. The molecule has 1 nitrogen and oxygen atoms in total. The van der Waals surface area contributed by atoms with Crippen LogP contribution in [0.5, 0.6) is 0 Å². The van der Waals surface area contributed by atoms with E-state index in [1.54, 1.807) is 0 Å². The number of thiol groups is 1. The van der Waals surface area contributed by atoms with Gasteiger partial charge in [0, 0.05) is 11.8 Å². The van der Waals surface area contributed by atoms with Crippen LogP contribution in [0.25, 0.3) is 0 Å². The lowest BCUT2D eigenvalue weighted by molar-refractivity contribution is -0.110. The van der Waals surface area contributed by atoms with Crippen molar-refractivity contribution in [2.24, 2.45) is 0 Å². The average Bonchev–Trinajstić information content (AvgIpc) is 2.25. The Morgan fingerprint density at radius 2 is 1.12 bits per heavy atom. The van der Waals surface area contributed by atoms with Gasteiger partial charge in [0.1, 0.15) is 0 Å². The number of carbonyl (C=O) groups is 1. The Kier molecular flexibility index (Phi) is 14.0. The predicted molar refractivity (Wildman–Crippen MR) is 78.6 cm³/mol. The normalized spacial score (nSPS) is 10.6. The third kappa shape index (κ3) is 14.5. The van der Waals surface area contributed by atoms with Crippen LogP contribution in [0.3, 0.4) is 0 Å². The zero-order valence-electron chi connectivity index (χ0n) is 10.2. The van der Waals surface area contributed by atoms with Crippen molar-refractivity contribution in [2.45, 2.75) is 70.6 Å². The lowest BCUT2D eigenvalue weighted by Crippen LogP contribution is -1.86. The molecule has 0 unspecified atom stereocenters. The molecule has 0 atom stereocenters. The van der Waals surface area contributed by atoms with Crippen molar-refractivity contribution in [1.29, 1.82) is 0 Å². The Labute approximate surface area is 114 Å². The molecule has 0 N–H and O–H groups in total. The molecule has 0 rings (SSSR count). The van der Waals surface area contributed by atoms with Crippen molar-refractivity contribution < 1.29 is 4.79 Å². The van der Waals surface area contributed by atoms with Crippen LogP contribution in [0.15, 0.2) is 0 Å². The van der Waals surface area contributed by atoms with Crippen molar-refractivity contribution in [3.8, 4) is 0 Å². The number of alkyl halides is 1. The van der Waals surface area contributed by atoms with Crippen molar-refractivity contribution >= 4 is 33.7 Å². The van der Waals surface area contributed by atoms with Gasteiger partial charge in [-0.1, -0.05) is 67.3 Å². The Hall–Kier alpha value is 0.500. The molecule has 0 amide bonds. The molecule has 96 valence electrons. The van der Waals surface area contributed by atoms with E-state index in [0.29, 0.717) is 6.42 Å². The summed E-state index contributed by atoms with van der Waals surface area (Å²) in [6.45, 7) is 0. The van der Waals surface area contributed by atoms with Crippen molar-refractivity contribution in [2.75, 3.05) is 5.33 Å². The van der Waals surface area contributed by atoms with Crippen LogP contribution in [-0.4, -0.2) is 10.4 Å². The quantitative estimate of drug-likeness (QED) is 0.300. The molecular formula is C13H25BrOS. The first-order valence-electron chi connectivity index (χ1n) is 6.55. The van der Waals surface area contributed by atoms with E-state index in [9.17, 15) is 4.79 Å². The molecule has 0 aliphatic heterocycles. The average molecular weight is 309 g/mol. The van der Waals surface area contributed by atoms with E-state index in [-0.39, 0.29) is 5.12 Å². The molecule has 16 heavy (non-hydrogen) atoms. The second-order valence-electron chi connectivity index (χ2n) is 4.37. The lowest BCUT2D eigenvalue weighted by Gasteiger charge is -2.01.